The molecular formula is C15H14FN3O3. The van der Waals surface area contributed by atoms with E-state index in [9.17, 15) is 14.0 Å². The van der Waals surface area contributed by atoms with Gasteiger partial charge >= 0.3 is 5.97 Å². The number of halogens is 1. The Labute approximate surface area is 125 Å². The van der Waals surface area contributed by atoms with Gasteiger partial charge in [0.25, 0.3) is 5.91 Å². The van der Waals surface area contributed by atoms with Crippen LogP contribution in [0.2, 0.25) is 0 Å². The lowest BCUT2D eigenvalue weighted by Crippen LogP contribution is -2.43. The number of carboxylic acid groups (broad SMARTS) is 1. The molecule has 22 heavy (non-hydrogen) atoms. The molecule has 1 saturated carbocycles. The van der Waals surface area contributed by atoms with Gasteiger partial charge in [-0.05, 0) is 44.0 Å². The second-order valence-electron chi connectivity index (χ2n) is 5.37. The fraction of sp³-hybridized carbons (Fsp3) is 0.267. The van der Waals surface area contributed by atoms with Crippen LogP contribution in [0.25, 0.3) is 5.69 Å². The van der Waals surface area contributed by atoms with Gasteiger partial charge < -0.3 is 10.4 Å². The minimum atomic E-state index is -1.14. The van der Waals surface area contributed by atoms with E-state index in [1.165, 1.54) is 23.0 Å². The third kappa shape index (κ3) is 2.34. The van der Waals surface area contributed by atoms with E-state index in [0.29, 0.717) is 29.8 Å². The van der Waals surface area contributed by atoms with Crippen LogP contribution < -0.4 is 5.32 Å². The third-order valence-corrected chi connectivity index (χ3v) is 3.84. The molecule has 0 saturated heterocycles. The van der Waals surface area contributed by atoms with Crippen molar-refractivity contribution < 1.29 is 19.1 Å². The van der Waals surface area contributed by atoms with Gasteiger partial charge in [0.2, 0.25) is 0 Å². The number of hydrogen-bond donors (Lipinski definition) is 2. The Hall–Kier alpha value is -2.70. The monoisotopic (exact) mass is 303 g/mol. The summed E-state index contributed by atoms with van der Waals surface area (Å²) in [6, 6.07) is 5.72. The zero-order valence-corrected chi connectivity index (χ0v) is 11.8. The summed E-state index contributed by atoms with van der Waals surface area (Å²) in [5.74, 6) is -1.85. The Kier molecular flexibility index (Phi) is 3.20. The molecule has 0 radical (unpaired) electrons. The Bertz CT molecular complexity index is 748. The van der Waals surface area contributed by atoms with Gasteiger partial charge in [-0.3, -0.25) is 4.79 Å². The summed E-state index contributed by atoms with van der Waals surface area (Å²) < 4.78 is 14.5. The van der Waals surface area contributed by atoms with Crippen LogP contribution in [0.15, 0.2) is 30.5 Å². The fourth-order valence-corrected chi connectivity index (χ4v) is 2.28. The van der Waals surface area contributed by atoms with Crippen molar-refractivity contribution in [2.24, 2.45) is 0 Å². The van der Waals surface area contributed by atoms with E-state index in [2.05, 4.69) is 10.4 Å². The smallest absolute Gasteiger partial charge is 0.329 e. The number of nitrogens with one attached hydrogen (secondary N) is 1. The highest BCUT2D eigenvalue weighted by molar-refractivity contribution is 5.99. The van der Waals surface area contributed by atoms with Gasteiger partial charge in [-0.15, -0.1) is 0 Å². The molecule has 0 bridgehead atoms. The SMILES string of the molecule is Cc1c(C(=O)NC2(C(=O)O)CC2)cnn1-c1ccc(F)cc1. The summed E-state index contributed by atoms with van der Waals surface area (Å²) in [4.78, 5) is 23.4. The number of aliphatic carboxylic acids is 1. The maximum absolute atomic E-state index is 13.0. The van der Waals surface area contributed by atoms with Crippen LogP contribution in [0.5, 0.6) is 0 Å². The van der Waals surface area contributed by atoms with Crippen LogP contribution in [0.3, 0.4) is 0 Å². The molecule has 6 nitrogen and oxygen atoms in total. The number of rotatable bonds is 4. The maximum Gasteiger partial charge on any atom is 0.329 e. The van der Waals surface area contributed by atoms with Crippen LogP contribution in [-0.4, -0.2) is 32.3 Å². The van der Waals surface area contributed by atoms with E-state index >= 15 is 0 Å². The van der Waals surface area contributed by atoms with Crippen LogP contribution in [0, 0.1) is 12.7 Å². The van der Waals surface area contributed by atoms with E-state index in [0.717, 1.165) is 0 Å². The van der Waals surface area contributed by atoms with Gasteiger partial charge in [0, 0.05) is 0 Å². The van der Waals surface area contributed by atoms with Gasteiger partial charge in [-0.25, -0.2) is 13.9 Å². The Morgan fingerprint density at radius 1 is 1.32 bits per heavy atom. The molecule has 1 fully saturated rings. The predicted molar refractivity (Wildman–Crippen MR) is 75.3 cm³/mol. The summed E-state index contributed by atoms with van der Waals surface area (Å²) in [6.07, 6.45) is 2.24. The third-order valence-electron chi connectivity index (χ3n) is 3.84. The standard InChI is InChI=1S/C15H14FN3O3/c1-9-12(13(20)18-15(6-7-15)14(21)22)8-17-19(9)11-4-2-10(16)3-5-11/h2-5,8H,6-7H2,1H3,(H,18,20)(H,21,22). The van der Waals surface area contributed by atoms with Gasteiger partial charge in [-0.1, -0.05) is 0 Å². The molecule has 0 atom stereocenters. The quantitative estimate of drug-likeness (QED) is 0.900. The van der Waals surface area contributed by atoms with Crippen molar-refractivity contribution in [3.63, 3.8) is 0 Å². The minimum absolute atomic E-state index is 0.303. The molecule has 7 heteroatoms. The van der Waals surface area contributed by atoms with Crippen molar-refractivity contribution in [2.45, 2.75) is 25.3 Å². The summed E-state index contributed by atoms with van der Waals surface area (Å²) >= 11 is 0. The number of hydrogen-bond acceptors (Lipinski definition) is 3. The Balaban J connectivity index is 1.86. The fourth-order valence-electron chi connectivity index (χ4n) is 2.28. The number of nitrogens with zero attached hydrogens (tertiary/aromatic N) is 2. The number of carbonyl (C=O) groups is 2. The van der Waals surface area contributed by atoms with Crippen molar-refractivity contribution >= 4 is 11.9 Å². The highest BCUT2D eigenvalue weighted by Crippen LogP contribution is 2.35. The first-order valence-electron chi connectivity index (χ1n) is 6.79. The molecule has 3 rings (SSSR count). The van der Waals surface area contributed by atoms with E-state index in [1.807, 2.05) is 0 Å². The molecule has 1 amide bonds. The van der Waals surface area contributed by atoms with Gasteiger partial charge in [0.15, 0.2) is 0 Å². The highest BCUT2D eigenvalue weighted by Gasteiger charge is 2.51. The number of benzene rings is 1. The molecule has 1 aliphatic rings. The van der Waals surface area contributed by atoms with Crippen molar-refractivity contribution in [1.82, 2.24) is 15.1 Å². The van der Waals surface area contributed by atoms with E-state index < -0.39 is 17.4 Å². The molecule has 114 valence electrons. The van der Waals surface area contributed by atoms with Crippen LogP contribution >= 0.6 is 0 Å². The van der Waals surface area contributed by atoms with Gasteiger partial charge in [0.05, 0.1) is 23.1 Å². The van der Waals surface area contributed by atoms with E-state index in [4.69, 9.17) is 5.11 Å². The summed E-state index contributed by atoms with van der Waals surface area (Å²) in [6.45, 7) is 1.70. The minimum Gasteiger partial charge on any atom is -0.480 e. The Morgan fingerprint density at radius 2 is 1.95 bits per heavy atom. The molecule has 0 aliphatic heterocycles. The first kappa shape index (κ1) is 14.2. The molecule has 1 aliphatic carbocycles. The number of aromatic nitrogens is 2. The number of carbonyl (C=O) groups excluding carboxylic acids is 1. The average molecular weight is 303 g/mol. The second-order valence-corrected chi connectivity index (χ2v) is 5.37. The highest BCUT2D eigenvalue weighted by atomic mass is 19.1. The second kappa shape index (κ2) is 4.94. The number of amides is 1. The lowest BCUT2D eigenvalue weighted by molar-refractivity contribution is -0.140. The first-order valence-corrected chi connectivity index (χ1v) is 6.79. The first-order chi connectivity index (χ1) is 10.4. The number of carboxylic acids is 1. The van der Waals surface area contributed by atoms with Crippen molar-refractivity contribution in [3.05, 3.63) is 47.5 Å². The molecule has 1 aromatic heterocycles. The average Bonchev–Trinajstić information content (AvgIpc) is 3.16. The van der Waals surface area contributed by atoms with Gasteiger partial charge in [-0.2, -0.15) is 5.10 Å². The van der Waals surface area contributed by atoms with Gasteiger partial charge in [0.1, 0.15) is 11.4 Å². The summed E-state index contributed by atoms with van der Waals surface area (Å²) in [7, 11) is 0. The van der Waals surface area contributed by atoms with E-state index in [-0.39, 0.29) is 5.82 Å². The zero-order chi connectivity index (χ0) is 15.9. The molecule has 0 unspecified atom stereocenters. The van der Waals surface area contributed by atoms with E-state index in [1.54, 1.807) is 19.1 Å². The van der Waals surface area contributed by atoms with Crippen LogP contribution in [0.1, 0.15) is 28.9 Å². The van der Waals surface area contributed by atoms with Crippen molar-refractivity contribution in [1.29, 1.82) is 0 Å². The molecule has 1 aromatic carbocycles. The van der Waals surface area contributed by atoms with Crippen molar-refractivity contribution in [3.8, 4) is 5.69 Å². The van der Waals surface area contributed by atoms with Crippen LogP contribution in [-0.2, 0) is 4.79 Å². The Morgan fingerprint density at radius 3 is 2.50 bits per heavy atom. The topological polar surface area (TPSA) is 84.2 Å². The maximum atomic E-state index is 13.0. The van der Waals surface area contributed by atoms with Crippen molar-refractivity contribution in [2.75, 3.05) is 0 Å². The summed E-state index contributed by atoms with van der Waals surface area (Å²) in [5, 5.41) is 15.8. The lowest BCUT2D eigenvalue weighted by Gasteiger charge is -2.12. The lowest BCUT2D eigenvalue weighted by atomic mass is 10.2. The van der Waals surface area contributed by atoms with Crippen LogP contribution in [0.4, 0.5) is 4.39 Å². The largest absolute Gasteiger partial charge is 0.480 e. The molecular weight excluding hydrogens is 289 g/mol. The summed E-state index contributed by atoms with van der Waals surface area (Å²) in [5.41, 5.74) is 0.348. The molecule has 0 spiro atoms. The normalized spacial score (nSPS) is 15.4. The predicted octanol–water partition coefficient (Wildman–Crippen LogP) is 1.67. The molecule has 1 heterocycles. The molecule has 2 N–H and O–H groups in total. The molecule has 2 aromatic rings. The zero-order valence-electron chi connectivity index (χ0n) is 11.8.